The van der Waals surface area contributed by atoms with Crippen LogP contribution in [0.5, 0.6) is 5.75 Å². The Balaban J connectivity index is 1.47. The largest absolute Gasteiger partial charge is 0.487 e. The number of carboxylic acids is 1. The Morgan fingerprint density at radius 3 is 2.59 bits per heavy atom. The van der Waals surface area contributed by atoms with Crippen molar-refractivity contribution in [3.63, 3.8) is 0 Å². The molecule has 0 saturated carbocycles. The number of hydrogen-bond donors (Lipinski definition) is 2. The smallest absolute Gasteiger partial charge is 0.335 e. The maximum absolute atomic E-state index is 10.9. The van der Waals surface area contributed by atoms with Crippen LogP contribution in [-0.4, -0.2) is 32.2 Å². The van der Waals surface area contributed by atoms with Gasteiger partial charge in [-0.05, 0) is 53.7 Å². The van der Waals surface area contributed by atoms with Crippen LogP contribution >= 0.6 is 23.8 Å². The lowest BCUT2D eigenvalue weighted by Crippen LogP contribution is -1.99. The van der Waals surface area contributed by atoms with Crippen LogP contribution < -0.4 is 4.74 Å². The van der Waals surface area contributed by atoms with Gasteiger partial charge in [0.05, 0.1) is 16.8 Å². The fraction of sp³-hybridized carbons (Fsp3) is 0.0435. The fourth-order valence-corrected chi connectivity index (χ4v) is 3.34. The lowest BCUT2D eigenvalue weighted by Gasteiger charge is -2.09. The van der Waals surface area contributed by atoms with Crippen molar-refractivity contribution in [2.24, 2.45) is 5.10 Å². The van der Waals surface area contributed by atoms with E-state index >= 15 is 0 Å². The number of H-pyrrole nitrogens is 1. The quantitative estimate of drug-likeness (QED) is 0.281. The zero-order valence-corrected chi connectivity index (χ0v) is 18.2. The Labute approximate surface area is 193 Å². The maximum Gasteiger partial charge on any atom is 0.335 e. The van der Waals surface area contributed by atoms with E-state index in [1.165, 1.54) is 12.1 Å². The molecule has 2 N–H and O–H groups in total. The number of carbonyl (C=O) groups is 1. The van der Waals surface area contributed by atoms with E-state index in [2.05, 4.69) is 15.3 Å². The highest BCUT2D eigenvalue weighted by molar-refractivity contribution is 7.71. The topological polar surface area (TPSA) is 92.5 Å². The first-order chi connectivity index (χ1) is 15.5. The summed E-state index contributed by atoms with van der Waals surface area (Å²) in [6.45, 7) is 0.262. The number of carboxylic acid groups (broad SMARTS) is 1. The van der Waals surface area contributed by atoms with Crippen LogP contribution in [0.1, 0.15) is 21.5 Å². The molecule has 7 nitrogen and oxygen atoms in total. The molecule has 0 spiro atoms. The van der Waals surface area contributed by atoms with Crippen molar-refractivity contribution in [3.05, 3.63) is 99.3 Å². The van der Waals surface area contributed by atoms with Crippen LogP contribution in [0.3, 0.4) is 0 Å². The molecule has 4 aromatic rings. The first-order valence-corrected chi connectivity index (χ1v) is 10.3. The third kappa shape index (κ3) is 4.93. The Hall–Kier alpha value is -3.75. The monoisotopic (exact) mass is 464 g/mol. The van der Waals surface area contributed by atoms with Gasteiger partial charge in [-0.3, -0.25) is 0 Å². The average Bonchev–Trinajstić information content (AvgIpc) is 3.18. The molecule has 1 aromatic heterocycles. The van der Waals surface area contributed by atoms with E-state index in [-0.39, 0.29) is 12.2 Å². The van der Waals surface area contributed by atoms with Gasteiger partial charge < -0.3 is 9.84 Å². The number of nitrogens with zero attached hydrogens (tertiary/aromatic N) is 3. The molecule has 0 aliphatic heterocycles. The highest BCUT2D eigenvalue weighted by Gasteiger charge is 2.08. The van der Waals surface area contributed by atoms with Crippen molar-refractivity contribution in [2.75, 3.05) is 0 Å². The molecule has 0 aliphatic rings. The van der Waals surface area contributed by atoms with Crippen LogP contribution in [0.2, 0.25) is 5.02 Å². The van der Waals surface area contributed by atoms with Crippen molar-refractivity contribution in [1.82, 2.24) is 14.9 Å². The van der Waals surface area contributed by atoms with Gasteiger partial charge in [0, 0.05) is 5.56 Å². The molecule has 32 heavy (non-hydrogen) atoms. The van der Waals surface area contributed by atoms with E-state index in [0.717, 1.165) is 16.7 Å². The van der Waals surface area contributed by atoms with Gasteiger partial charge in [-0.2, -0.15) is 14.9 Å². The molecule has 0 bridgehead atoms. The van der Waals surface area contributed by atoms with Crippen molar-refractivity contribution in [2.45, 2.75) is 6.61 Å². The molecule has 160 valence electrons. The molecule has 3 aromatic carbocycles. The molecule has 0 atom stereocenters. The summed E-state index contributed by atoms with van der Waals surface area (Å²) in [6.07, 6.45) is 1.64. The van der Waals surface area contributed by atoms with Gasteiger partial charge in [0.2, 0.25) is 4.77 Å². The van der Waals surface area contributed by atoms with Crippen LogP contribution in [-0.2, 0) is 6.61 Å². The molecule has 0 unspecified atom stereocenters. The second-order valence-corrected chi connectivity index (χ2v) is 7.55. The fourth-order valence-electron chi connectivity index (χ4n) is 2.92. The van der Waals surface area contributed by atoms with Gasteiger partial charge in [-0.25, -0.2) is 9.89 Å². The predicted octanol–water partition coefficient (Wildman–Crippen LogP) is 5.42. The molecule has 9 heteroatoms. The number of nitrogens with one attached hydrogen (secondary N) is 1. The van der Waals surface area contributed by atoms with E-state index in [4.69, 9.17) is 33.7 Å². The standard InChI is InChI=1S/C23H17ClN4O3S/c24-19-12-16(8-11-20(19)31-14-15-6-9-18(10-7-15)22(29)30)13-25-28-21(26-27-23(28)32)17-4-2-1-3-5-17/h1-13H,14H2,(H,27,32)(H,29,30)/b25-13-. The summed E-state index contributed by atoms with van der Waals surface area (Å²) in [5.41, 5.74) is 2.70. The van der Waals surface area contributed by atoms with Crippen molar-refractivity contribution >= 4 is 36.0 Å². The lowest BCUT2D eigenvalue weighted by molar-refractivity contribution is 0.0697. The number of aromatic amines is 1. The Bertz CT molecular complexity index is 1330. The third-order valence-corrected chi connectivity index (χ3v) is 5.12. The van der Waals surface area contributed by atoms with Gasteiger partial charge in [-0.1, -0.05) is 54.1 Å². The SMILES string of the molecule is O=C(O)c1ccc(COc2ccc(/C=N\n3c(-c4ccccc4)n[nH]c3=S)cc2Cl)cc1. The zero-order valence-electron chi connectivity index (χ0n) is 16.6. The molecule has 1 heterocycles. The number of halogens is 1. The second-order valence-electron chi connectivity index (χ2n) is 6.76. The second kappa shape index (κ2) is 9.59. The first-order valence-electron chi connectivity index (χ1n) is 9.53. The number of benzene rings is 3. The Morgan fingerprint density at radius 1 is 1.16 bits per heavy atom. The number of hydrogen-bond acceptors (Lipinski definition) is 5. The summed E-state index contributed by atoms with van der Waals surface area (Å²) in [5.74, 6) is 0.147. The van der Waals surface area contributed by atoms with Crippen molar-refractivity contribution in [3.8, 4) is 17.1 Å². The normalized spacial score (nSPS) is 11.0. The zero-order chi connectivity index (χ0) is 22.5. The minimum Gasteiger partial charge on any atom is -0.487 e. The summed E-state index contributed by atoms with van der Waals surface area (Å²) < 4.78 is 7.68. The van der Waals surface area contributed by atoms with E-state index in [1.807, 2.05) is 36.4 Å². The van der Waals surface area contributed by atoms with Crippen LogP contribution in [0.15, 0.2) is 77.9 Å². The van der Waals surface area contributed by atoms with Gasteiger partial charge >= 0.3 is 5.97 Å². The molecular formula is C23H17ClN4O3S. The molecule has 0 aliphatic carbocycles. The summed E-state index contributed by atoms with van der Waals surface area (Å²) in [6, 6.07) is 21.4. The molecule has 4 rings (SSSR count). The number of rotatable bonds is 7. The van der Waals surface area contributed by atoms with Gasteiger partial charge in [0.25, 0.3) is 0 Å². The van der Waals surface area contributed by atoms with Crippen molar-refractivity contribution in [1.29, 1.82) is 0 Å². The van der Waals surface area contributed by atoms with E-state index in [9.17, 15) is 4.79 Å². The minimum atomic E-state index is -0.967. The van der Waals surface area contributed by atoms with Crippen molar-refractivity contribution < 1.29 is 14.6 Å². The van der Waals surface area contributed by atoms with Crippen LogP contribution in [0.25, 0.3) is 11.4 Å². The van der Waals surface area contributed by atoms with E-state index in [0.29, 0.717) is 21.4 Å². The molecule has 0 fully saturated rings. The molecular weight excluding hydrogens is 448 g/mol. The van der Waals surface area contributed by atoms with E-state index < -0.39 is 5.97 Å². The Morgan fingerprint density at radius 2 is 1.91 bits per heavy atom. The minimum absolute atomic E-state index is 0.226. The van der Waals surface area contributed by atoms with Gasteiger partial charge in [0.15, 0.2) is 5.82 Å². The highest BCUT2D eigenvalue weighted by atomic mass is 35.5. The molecule has 0 saturated heterocycles. The lowest BCUT2D eigenvalue weighted by atomic mass is 10.1. The summed E-state index contributed by atoms with van der Waals surface area (Å²) >= 11 is 11.7. The molecule has 0 radical (unpaired) electrons. The number of aromatic carboxylic acids is 1. The van der Waals surface area contributed by atoms with Crippen LogP contribution in [0.4, 0.5) is 0 Å². The summed E-state index contributed by atoms with van der Waals surface area (Å²) in [4.78, 5) is 10.9. The summed E-state index contributed by atoms with van der Waals surface area (Å²) in [5, 5.41) is 20.8. The maximum atomic E-state index is 10.9. The first kappa shape index (κ1) is 21.5. The Kier molecular flexibility index (Phi) is 6.44. The predicted molar refractivity (Wildman–Crippen MR) is 125 cm³/mol. The third-order valence-electron chi connectivity index (χ3n) is 4.56. The highest BCUT2D eigenvalue weighted by Crippen LogP contribution is 2.26. The summed E-state index contributed by atoms with van der Waals surface area (Å²) in [7, 11) is 0. The van der Waals surface area contributed by atoms with Gasteiger partial charge in [-0.15, -0.1) is 0 Å². The van der Waals surface area contributed by atoms with Crippen LogP contribution in [0, 0.1) is 4.77 Å². The number of ether oxygens (including phenoxy) is 1. The van der Waals surface area contributed by atoms with Gasteiger partial charge in [0.1, 0.15) is 12.4 Å². The van der Waals surface area contributed by atoms with E-state index in [1.54, 1.807) is 35.2 Å². The average molecular weight is 465 g/mol. The molecule has 0 amide bonds. The number of aromatic nitrogens is 3.